The fourth-order valence-corrected chi connectivity index (χ4v) is 1.21. The Balaban J connectivity index is 4.41. The average molecular weight is 202 g/mol. The van der Waals surface area contributed by atoms with Crippen molar-refractivity contribution >= 4 is 5.91 Å². The van der Waals surface area contributed by atoms with E-state index >= 15 is 0 Å². The van der Waals surface area contributed by atoms with E-state index in [1.54, 1.807) is 11.9 Å². The van der Waals surface area contributed by atoms with Crippen LogP contribution < -0.4 is 5.32 Å². The summed E-state index contributed by atoms with van der Waals surface area (Å²) in [7, 11) is 1.76. The molecule has 0 aromatic carbocycles. The van der Waals surface area contributed by atoms with Crippen molar-refractivity contribution in [2.45, 2.75) is 32.7 Å². The van der Waals surface area contributed by atoms with E-state index in [9.17, 15) is 4.79 Å². The molecule has 0 aromatic rings. The number of amides is 1. The number of rotatable bonds is 6. The predicted octanol–water partition coefficient (Wildman–Crippen LogP) is 0.215. The van der Waals surface area contributed by atoms with Gasteiger partial charge in [-0.3, -0.25) is 4.79 Å². The normalized spacial score (nSPS) is 11.5. The van der Waals surface area contributed by atoms with Crippen molar-refractivity contribution in [2.24, 2.45) is 0 Å². The lowest BCUT2D eigenvalue weighted by atomic mass is 10.0. The molecule has 1 amide bonds. The number of likely N-dealkylation sites (N-methyl/N-ethyl adjacent to an activating group) is 1. The molecular weight excluding hydrogens is 180 g/mol. The van der Waals surface area contributed by atoms with Crippen LogP contribution in [0.15, 0.2) is 0 Å². The van der Waals surface area contributed by atoms with Crippen LogP contribution in [0.1, 0.15) is 27.2 Å². The van der Waals surface area contributed by atoms with Crippen LogP contribution in [0.2, 0.25) is 0 Å². The first-order valence-corrected chi connectivity index (χ1v) is 5.08. The maximum atomic E-state index is 11.9. The summed E-state index contributed by atoms with van der Waals surface area (Å²) < 4.78 is 0. The van der Waals surface area contributed by atoms with Gasteiger partial charge in [-0.2, -0.15) is 0 Å². The SMILES string of the molecule is CCCN(CCO)C(=O)C(C)(C)NC. The van der Waals surface area contributed by atoms with Gasteiger partial charge < -0.3 is 15.3 Å². The monoisotopic (exact) mass is 202 g/mol. The molecule has 0 aliphatic heterocycles. The number of aliphatic hydroxyl groups is 1. The van der Waals surface area contributed by atoms with Crippen LogP contribution in [-0.2, 0) is 4.79 Å². The van der Waals surface area contributed by atoms with E-state index in [0.29, 0.717) is 13.1 Å². The minimum absolute atomic E-state index is 0.0194. The first-order valence-electron chi connectivity index (χ1n) is 5.08. The van der Waals surface area contributed by atoms with Crippen LogP contribution in [0.3, 0.4) is 0 Å². The predicted molar refractivity (Wildman–Crippen MR) is 57.1 cm³/mol. The maximum Gasteiger partial charge on any atom is 0.242 e. The van der Waals surface area contributed by atoms with Gasteiger partial charge in [0.15, 0.2) is 0 Å². The fourth-order valence-electron chi connectivity index (χ4n) is 1.21. The molecule has 0 fully saturated rings. The highest BCUT2D eigenvalue weighted by Crippen LogP contribution is 2.07. The van der Waals surface area contributed by atoms with Crippen LogP contribution in [0.4, 0.5) is 0 Å². The quantitative estimate of drug-likeness (QED) is 0.647. The number of nitrogens with zero attached hydrogens (tertiary/aromatic N) is 1. The lowest BCUT2D eigenvalue weighted by molar-refractivity contribution is -0.137. The third kappa shape index (κ3) is 3.64. The number of nitrogens with one attached hydrogen (secondary N) is 1. The molecule has 0 saturated heterocycles. The Bertz CT molecular complexity index is 175. The van der Waals surface area contributed by atoms with Gasteiger partial charge in [0.2, 0.25) is 5.91 Å². The summed E-state index contributed by atoms with van der Waals surface area (Å²) in [6.07, 6.45) is 0.908. The Labute approximate surface area is 86.3 Å². The highest BCUT2D eigenvalue weighted by Gasteiger charge is 2.29. The first kappa shape index (κ1) is 13.4. The molecule has 4 nitrogen and oxygen atoms in total. The van der Waals surface area contributed by atoms with Crippen molar-refractivity contribution in [3.8, 4) is 0 Å². The van der Waals surface area contributed by atoms with Crippen molar-refractivity contribution in [1.82, 2.24) is 10.2 Å². The van der Waals surface area contributed by atoms with Crippen molar-refractivity contribution in [3.63, 3.8) is 0 Å². The number of hydrogen-bond donors (Lipinski definition) is 2. The number of hydrogen-bond acceptors (Lipinski definition) is 3. The third-order valence-corrected chi connectivity index (χ3v) is 2.31. The smallest absolute Gasteiger partial charge is 0.242 e. The summed E-state index contributed by atoms with van der Waals surface area (Å²) in [5.41, 5.74) is -0.551. The molecule has 2 N–H and O–H groups in total. The molecule has 0 atom stereocenters. The highest BCUT2D eigenvalue weighted by molar-refractivity contribution is 5.85. The van der Waals surface area contributed by atoms with Crippen LogP contribution >= 0.6 is 0 Å². The number of carbonyl (C=O) groups excluding carboxylic acids is 1. The van der Waals surface area contributed by atoms with Crippen LogP contribution in [-0.4, -0.2) is 48.2 Å². The maximum absolute atomic E-state index is 11.9. The third-order valence-electron chi connectivity index (χ3n) is 2.31. The zero-order chi connectivity index (χ0) is 11.2. The van der Waals surface area contributed by atoms with Gasteiger partial charge >= 0.3 is 0 Å². The Morgan fingerprint density at radius 3 is 2.36 bits per heavy atom. The molecule has 84 valence electrons. The standard InChI is InChI=1S/C10H22N2O2/c1-5-6-12(7-8-13)9(14)10(2,3)11-4/h11,13H,5-8H2,1-4H3. The molecule has 0 aromatic heterocycles. The van der Waals surface area contributed by atoms with Gasteiger partial charge in [-0.25, -0.2) is 0 Å². The second-order valence-corrected chi connectivity index (χ2v) is 3.89. The van der Waals surface area contributed by atoms with Crippen LogP contribution in [0.5, 0.6) is 0 Å². The van der Waals surface area contributed by atoms with Crippen molar-refractivity contribution in [2.75, 3.05) is 26.7 Å². The zero-order valence-corrected chi connectivity index (χ0v) is 9.63. The molecule has 0 rings (SSSR count). The van der Waals surface area contributed by atoms with E-state index < -0.39 is 5.54 Å². The summed E-state index contributed by atoms with van der Waals surface area (Å²) in [5.74, 6) is 0.0379. The lowest BCUT2D eigenvalue weighted by Gasteiger charge is -2.31. The molecule has 0 bridgehead atoms. The molecule has 0 spiro atoms. The van der Waals surface area contributed by atoms with Crippen molar-refractivity contribution in [1.29, 1.82) is 0 Å². The van der Waals surface area contributed by atoms with Gasteiger partial charge in [-0.1, -0.05) is 6.92 Å². The van der Waals surface area contributed by atoms with E-state index in [4.69, 9.17) is 5.11 Å². The summed E-state index contributed by atoms with van der Waals surface area (Å²) >= 11 is 0. The zero-order valence-electron chi connectivity index (χ0n) is 9.63. The van der Waals surface area contributed by atoms with Gasteiger partial charge in [0.1, 0.15) is 0 Å². The van der Waals surface area contributed by atoms with E-state index in [1.807, 2.05) is 20.8 Å². The van der Waals surface area contributed by atoms with E-state index in [1.165, 1.54) is 0 Å². The van der Waals surface area contributed by atoms with Crippen LogP contribution in [0, 0.1) is 0 Å². The van der Waals surface area contributed by atoms with Gasteiger partial charge in [-0.15, -0.1) is 0 Å². The Kier molecular flexibility index (Phi) is 5.72. The molecule has 0 unspecified atom stereocenters. The summed E-state index contributed by atoms with van der Waals surface area (Å²) in [6.45, 7) is 6.84. The molecule has 0 aliphatic rings. The van der Waals surface area contributed by atoms with Crippen molar-refractivity contribution in [3.05, 3.63) is 0 Å². The number of aliphatic hydroxyl groups excluding tert-OH is 1. The molecule has 0 saturated carbocycles. The van der Waals surface area contributed by atoms with Gasteiger partial charge in [0, 0.05) is 13.1 Å². The fraction of sp³-hybridized carbons (Fsp3) is 0.900. The van der Waals surface area contributed by atoms with E-state index in [-0.39, 0.29) is 12.5 Å². The molecule has 0 aliphatic carbocycles. The first-order chi connectivity index (χ1) is 6.49. The minimum atomic E-state index is -0.551. The largest absolute Gasteiger partial charge is 0.395 e. The molecule has 4 heteroatoms. The van der Waals surface area contributed by atoms with Gasteiger partial charge in [0.25, 0.3) is 0 Å². The molecule has 0 heterocycles. The molecule has 0 radical (unpaired) electrons. The Morgan fingerprint density at radius 1 is 1.43 bits per heavy atom. The van der Waals surface area contributed by atoms with E-state index in [0.717, 1.165) is 6.42 Å². The lowest BCUT2D eigenvalue weighted by Crippen LogP contribution is -2.53. The second kappa shape index (κ2) is 5.98. The average Bonchev–Trinajstić information content (AvgIpc) is 2.16. The summed E-state index contributed by atoms with van der Waals surface area (Å²) in [5, 5.41) is 11.8. The topological polar surface area (TPSA) is 52.6 Å². The molecule has 14 heavy (non-hydrogen) atoms. The Hall–Kier alpha value is -0.610. The second-order valence-electron chi connectivity index (χ2n) is 3.89. The Morgan fingerprint density at radius 2 is 2.00 bits per heavy atom. The van der Waals surface area contributed by atoms with Crippen molar-refractivity contribution < 1.29 is 9.90 Å². The number of carbonyl (C=O) groups is 1. The van der Waals surface area contributed by atoms with Crippen LogP contribution in [0.25, 0.3) is 0 Å². The highest BCUT2D eigenvalue weighted by atomic mass is 16.3. The van der Waals surface area contributed by atoms with Gasteiger partial charge in [-0.05, 0) is 27.3 Å². The minimum Gasteiger partial charge on any atom is -0.395 e. The van der Waals surface area contributed by atoms with E-state index in [2.05, 4.69) is 5.32 Å². The molecular formula is C10H22N2O2. The van der Waals surface area contributed by atoms with Gasteiger partial charge in [0.05, 0.1) is 12.1 Å². The summed E-state index contributed by atoms with van der Waals surface area (Å²) in [4.78, 5) is 13.6. The summed E-state index contributed by atoms with van der Waals surface area (Å²) in [6, 6.07) is 0.